The second kappa shape index (κ2) is 14.7. The molecule has 3 rings (SSSR count). The quantitative estimate of drug-likeness (QED) is 0.161. The molecule has 11 nitrogen and oxygen atoms in total. The summed E-state index contributed by atoms with van der Waals surface area (Å²) >= 11 is 0. The van der Waals surface area contributed by atoms with Crippen LogP contribution in [0.2, 0.25) is 0 Å². The molecule has 0 amide bonds. The number of aromatic nitrogens is 3. The van der Waals surface area contributed by atoms with Crippen molar-refractivity contribution >= 4 is 5.97 Å². The lowest BCUT2D eigenvalue weighted by Gasteiger charge is -2.18. The molecular weight excluding hydrogens is 518 g/mol. The highest BCUT2D eigenvalue weighted by atomic mass is 16.7. The van der Waals surface area contributed by atoms with Crippen LogP contribution in [0.5, 0.6) is 29.0 Å². The van der Waals surface area contributed by atoms with Crippen molar-refractivity contribution in [2.75, 3.05) is 33.0 Å². The predicted octanol–water partition coefficient (Wildman–Crippen LogP) is 4.62. The highest BCUT2D eigenvalue weighted by Crippen LogP contribution is 2.36. The Morgan fingerprint density at radius 3 is 1.68 bits per heavy atom. The van der Waals surface area contributed by atoms with Gasteiger partial charge in [-0.3, -0.25) is 0 Å². The van der Waals surface area contributed by atoms with E-state index in [9.17, 15) is 9.90 Å². The van der Waals surface area contributed by atoms with Crippen molar-refractivity contribution in [1.29, 1.82) is 0 Å². The maximum atomic E-state index is 12.1. The van der Waals surface area contributed by atoms with Crippen LogP contribution < -0.4 is 23.7 Å². The second-order valence-corrected chi connectivity index (χ2v) is 8.23. The molecule has 0 saturated carbocycles. The van der Waals surface area contributed by atoms with Gasteiger partial charge in [-0.1, -0.05) is 6.58 Å². The first kappa shape index (κ1) is 30.2. The zero-order valence-electron chi connectivity index (χ0n) is 23.4. The van der Waals surface area contributed by atoms with Gasteiger partial charge in [-0.2, -0.15) is 9.97 Å². The van der Waals surface area contributed by atoms with Crippen molar-refractivity contribution < 1.29 is 38.3 Å². The fourth-order valence-electron chi connectivity index (χ4n) is 3.52. The molecule has 1 unspecified atom stereocenters. The smallest absolute Gasteiger partial charge is 0.336 e. The van der Waals surface area contributed by atoms with E-state index >= 15 is 0 Å². The Hall–Kier alpha value is -4.38. The lowest BCUT2D eigenvalue weighted by atomic mass is 10.1. The zero-order chi connectivity index (χ0) is 29.1. The zero-order valence-corrected chi connectivity index (χ0v) is 23.4. The van der Waals surface area contributed by atoms with E-state index in [-0.39, 0.29) is 23.2 Å². The molecule has 0 bridgehead atoms. The number of carbonyl (C=O) groups excluding carboxylic acids is 1. The Labute approximate surface area is 233 Å². The SMILES string of the molecule is C=C(C)C(=O)OC(CO)Oc1nc(-c2ccc(OCC)cc2OCC)nc(-c2ccc(OCC)cc2OCC)n1. The Morgan fingerprint density at radius 1 is 0.800 bits per heavy atom. The molecule has 0 radical (unpaired) electrons. The van der Waals surface area contributed by atoms with Crippen LogP contribution in [0.1, 0.15) is 34.6 Å². The van der Waals surface area contributed by atoms with Gasteiger partial charge in [-0.15, -0.1) is 0 Å². The van der Waals surface area contributed by atoms with Crippen molar-refractivity contribution in [2.24, 2.45) is 0 Å². The summed E-state index contributed by atoms with van der Waals surface area (Å²) < 4.78 is 33.9. The van der Waals surface area contributed by atoms with Gasteiger partial charge in [0.1, 0.15) is 29.6 Å². The van der Waals surface area contributed by atoms with E-state index in [1.54, 1.807) is 36.4 Å². The highest BCUT2D eigenvalue weighted by molar-refractivity contribution is 5.87. The van der Waals surface area contributed by atoms with Gasteiger partial charge < -0.3 is 33.5 Å². The number of rotatable bonds is 15. The maximum Gasteiger partial charge on any atom is 0.336 e. The van der Waals surface area contributed by atoms with Crippen molar-refractivity contribution in [3.05, 3.63) is 48.6 Å². The summed E-state index contributed by atoms with van der Waals surface area (Å²) in [4.78, 5) is 25.7. The monoisotopic (exact) mass is 553 g/mol. The van der Waals surface area contributed by atoms with E-state index in [2.05, 4.69) is 16.5 Å². The minimum Gasteiger partial charge on any atom is -0.494 e. The number of nitrogens with zero attached hydrogens (tertiary/aromatic N) is 3. The fraction of sp³-hybridized carbons (Fsp3) is 0.379. The van der Waals surface area contributed by atoms with E-state index in [0.29, 0.717) is 60.6 Å². The van der Waals surface area contributed by atoms with Gasteiger partial charge in [0.25, 0.3) is 6.29 Å². The molecule has 0 aliphatic rings. The number of ether oxygens (including phenoxy) is 6. The van der Waals surface area contributed by atoms with Gasteiger partial charge in [0, 0.05) is 17.7 Å². The molecule has 214 valence electrons. The van der Waals surface area contributed by atoms with Crippen molar-refractivity contribution in [3.63, 3.8) is 0 Å². The van der Waals surface area contributed by atoms with E-state index in [1.165, 1.54) is 6.92 Å². The van der Waals surface area contributed by atoms with Crippen LogP contribution in [0.15, 0.2) is 48.6 Å². The summed E-state index contributed by atoms with van der Waals surface area (Å²) in [7, 11) is 0. The molecule has 0 spiro atoms. The molecule has 3 aromatic rings. The summed E-state index contributed by atoms with van der Waals surface area (Å²) in [6.07, 6.45) is -1.38. The molecular formula is C29H35N3O8. The second-order valence-electron chi connectivity index (χ2n) is 8.23. The average Bonchev–Trinajstić information content (AvgIpc) is 2.93. The average molecular weight is 554 g/mol. The molecule has 0 fully saturated rings. The van der Waals surface area contributed by atoms with Crippen LogP contribution in [-0.4, -0.2) is 65.4 Å². The van der Waals surface area contributed by atoms with Crippen LogP contribution in [0.4, 0.5) is 0 Å². The lowest BCUT2D eigenvalue weighted by molar-refractivity contribution is -0.164. The first-order valence-electron chi connectivity index (χ1n) is 13.0. The van der Waals surface area contributed by atoms with Gasteiger partial charge in [-0.25, -0.2) is 9.78 Å². The molecule has 1 N–H and O–H groups in total. The predicted molar refractivity (Wildman–Crippen MR) is 148 cm³/mol. The van der Waals surface area contributed by atoms with E-state index in [0.717, 1.165) is 0 Å². The first-order valence-corrected chi connectivity index (χ1v) is 13.0. The van der Waals surface area contributed by atoms with Crippen LogP contribution in [0.3, 0.4) is 0 Å². The molecule has 0 saturated heterocycles. The van der Waals surface area contributed by atoms with Crippen molar-refractivity contribution in [1.82, 2.24) is 15.0 Å². The summed E-state index contributed by atoms with van der Waals surface area (Å²) in [6.45, 7) is 13.7. The third kappa shape index (κ3) is 7.82. The molecule has 0 aliphatic heterocycles. The normalized spacial score (nSPS) is 11.3. The van der Waals surface area contributed by atoms with Gasteiger partial charge in [0.05, 0.1) is 37.6 Å². The van der Waals surface area contributed by atoms with Crippen LogP contribution in [0.25, 0.3) is 22.8 Å². The van der Waals surface area contributed by atoms with Gasteiger partial charge in [0.2, 0.25) is 0 Å². The summed E-state index contributed by atoms with van der Waals surface area (Å²) in [5, 5.41) is 9.81. The van der Waals surface area contributed by atoms with Crippen LogP contribution >= 0.6 is 0 Å². The van der Waals surface area contributed by atoms with Crippen LogP contribution in [-0.2, 0) is 9.53 Å². The topological polar surface area (TPSA) is 131 Å². The van der Waals surface area contributed by atoms with Gasteiger partial charge in [0.15, 0.2) is 11.6 Å². The molecule has 1 aromatic heterocycles. The Balaban J connectivity index is 2.18. The first-order chi connectivity index (χ1) is 19.3. The number of benzene rings is 2. The van der Waals surface area contributed by atoms with Crippen molar-refractivity contribution in [2.45, 2.75) is 40.9 Å². The van der Waals surface area contributed by atoms with Gasteiger partial charge >= 0.3 is 12.0 Å². The number of hydrogen-bond acceptors (Lipinski definition) is 11. The van der Waals surface area contributed by atoms with E-state index in [4.69, 9.17) is 33.4 Å². The minimum atomic E-state index is -1.38. The number of aliphatic hydroxyl groups is 1. The molecule has 2 aromatic carbocycles. The van der Waals surface area contributed by atoms with E-state index < -0.39 is 18.9 Å². The number of esters is 1. The Kier molecular flexibility index (Phi) is 11.1. The third-order valence-electron chi connectivity index (χ3n) is 5.20. The summed E-state index contributed by atoms with van der Waals surface area (Å²) in [5.74, 6) is 1.91. The molecule has 0 aliphatic carbocycles. The standard InChI is InChI=1S/C29H35N3O8/c1-7-35-19-11-13-21(23(15-19)37-9-3)26-30-27(22-14-12-20(36-8-2)16-24(22)38-10-4)32-29(31-26)40-25(17-33)39-28(34)18(5)6/h11-16,25,33H,5,7-10,17H2,1-4,6H3. The maximum absolute atomic E-state index is 12.1. The van der Waals surface area contributed by atoms with Crippen molar-refractivity contribution in [3.8, 4) is 51.8 Å². The van der Waals surface area contributed by atoms with E-state index in [1.807, 2.05) is 27.7 Å². The lowest BCUT2D eigenvalue weighted by Crippen LogP contribution is -2.29. The fourth-order valence-corrected chi connectivity index (χ4v) is 3.52. The molecule has 1 atom stereocenters. The molecule has 1 heterocycles. The summed E-state index contributed by atoms with van der Waals surface area (Å²) in [5.41, 5.74) is 1.23. The Morgan fingerprint density at radius 2 is 1.27 bits per heavy atom. The van der Waals surface area contributed by atoms with Gasteiger partial charge in [-0.05, 0) is 58.9 Å². The minimum absolute atomic E-state index is 0.144. The number of hydrogen-bond donors (Lipinski definition) is 1. The van der Waals surface area contributed by atoms with Crippen LogP contribution in [0, 0.1) is 0 Å². The highest BCUT2D eigenvalue weighted by Gasteiger charge is 2.22. The number of carbonyl (C=O) groups is 1. The third-order valence-corrected chi connectivity index (χ3v) is 5.20. The largest absolute Gasteiger partial charge is 0.494 e. The molecule has 11 heteroatoms. The molecule has 40 heavy (non-hydrogen) atoms. The Bertz CT molecular complexity index is 1240. The number of aliphatic hydroxyl groups excluding tert-OH is 1. The summed E-state index contributed by atoms with van der Waals surface area (Å²) in [6, 6.07) is 10.4.